The summed E-state index contributed by atoms with van der Waals surface area (Å²) in [5, 5.41) is 10.4. The molecule has 3 heteroatoms. The highest BCUT2D eigenvalue weighted by molar-refractivity contribution is 5.31. The van der Waals surface area contributed by atoms with E-state index in [4.69, 9.17) is 5.73 Å². The van der Waals surface area contributed by atoms with Gasteiger partial charge in [0.2, 0.25) is 0 Å². The molecular formula is C11H16N2O. The van der Waals surface area contributed by atoms with E-state index in [-0.39, 0.29) is 0 Å². The number of nitrogens with zero attached hydrogens (tertiary/aromatic N) is 1. The quantitative estimate of drug-likeness (QED) is 0.733. The smallest absolute Gasteiger partial charge is 0.0912 e. The number of pyridine rings is 1. The summed E-state index contributed by atoms with van der Waals surface area (Å²) >= 11 is 0. The number of rotatable bonds is 2. The summed E-state index contributed by atoms with van der Waals surface area (Å²) < 4.78 is 0. The van der Waals surface area contributed by atoms with Crippen molar-refractivity contribution in [3.05, 3.63) is 29.6 Å². The predicted octanol–water partition coefficient (Wildman–Crippen LogP) is 0.954. The van der Waals surface area contributed by atoms with Crippen LogP contribution in [0.2, 0.25) is 0 Å². The molecule has 3 nitrogen and oxygen atoms in total. The lowest BCUT2D eigenvalue weighted by atomic mass is 9.78. The minimum absolute atomic E-state index is 0.526. The number of hydrogen-bond acceptors (Lipinski definition) is 3. The second-order valence-corrected chi connectivity index (χ2v) is 3.96. The molecule has 76 valence electrons. The lowest BCUT2D eigenvalue weighted by Crippen LogP contribution is -2.33. The van der Waals surface area contributed by atoms with Crippen LogP contribution in [0.15, 0.2) is 18.5 Å². The monoisotopic (exact) mass is 192 g/mol. The number of aryl methyl sites for hydroxylation is 1. The molecule has 0 radical (unpaired) electrons. The topological polar surface area (TPSA) is 59.1 Å². The average Bonchev–Trinajstić information content (AvgIpc) is 2.19. The maximum Gasteiger partial charge on any atom is 0.0912 e. The Morgan fingerprint density at radius 2 is 2.43 bits per heavy atom. The molecule has 0 aromatic carbocycles. The van der Waals surface area contributed by atoms with Gasteiger partial charge in [-0.25, -0.2) is 0 Å². The Kier molecular flexibility index (Phi) is 2.52. The summed E-state index contributed by atoms with van der Waals surface area (Å²) in [6.07, 6.45) is 7.11. The van der Waals surface area contributed by atoms with E-state index in [0.717, 1.165) is 24.8 Å². The molecule has 1 atom stereocenters. The largest absolute Gasteiger partial charge is 0.385 e. The van der Waals surface area contributed by atoms with Gasteiger partial charge in [0.1, 0.15) is 0 Å². The SMILES string of the molecule is NCCC1(O)CCCc2cnccc21. The van der Waals surface area contributed by atoms with Gasteiger partial charge >= 0.3 is 0 Å². The molecule has 1 aromatic rings. The summed E-state index contributed by atoms with van der Waals surface area (Å²) in [6.45, 7) is 0.526. The van der Waals surface area contributed by atoms with E-state index >= 15 is 0 Å². The first kappa shape index (κ1) is 9.62. The van der Waals surface area contributed by atoms with Crippen molar-refractivity contribution < 1.29 is 5.11 Å². The Morgan fingerprint density at radius 3 is 3.21 bits per heavy atom. The number of nitrogens with two attached hydrogens (primary N) is 1. The second-order valence-electron chi connectivity index (χ2n) is 3.96. The number of hydrogen-bond donors (Lipinski definition) is 2. The molecule has 0 bridgehead atoms. The molecule has 14 heavy (non-hydrogen) atoms. The fraction of sp³-hybridized carbons (Fsp3) is 0.545. The van der Waals surface area contributed by atoms with Gasteiger partial charge in [0.15, 0.2) is 0 Å². The molecule has 1 aliphatic carbocycles. The van der Waals surface area contributed by atoms with Crippen molar-refractivity contribution in [2.24, 2.45) is 5.73 Å². The van der Waals surface area contributed by atoms with Crippen LogP contribution >= 0.6 is 0 Å². The molecule has 2 rings (SSSR count). The van der Waals surface area contributed by atoms with Crippen LogP contribution in [-0.2, 0) is 12.0 Å². The highest BCUT2D eigenvalue weighted by Gasteiger charge is 2.33. The molecule has 3 N–H and O–H groups in total. The van der Waals surface area contributed by atoms with Crippen LogP contribution in [0.4, 0.5) is 0 Å². The molecular weight excluding hydrogens is 176 g/mol. The number of aliphatic hydroxyl groups is 1. The van der Waals surface area contributed by atoms with Gasteiger partial charge in [-0.05, 0) is 49.4 Å². The van der Waals surface area contributed by atoms with E-state index in [1.807, 2.05) is 12.3 Å². The van der Waals surface area contributed by atoms with E-state index in [2.05, 4.69) is 4.98 Å². The fourth-order valence-corrected chi connectivity index (χ4v) is 2.28. The van der Waals surface area contributed by atoms with Crippen LogP contribution in [0.3, 0.4) is 0 Å². The van der Waals surface area contributed by atoms with E-state index in [9.17, 15) is 5.11 Å². The minimum Gasteiger partial charge on any atom is -0.385 e. The van der Waals surface area contributed by atoms with E-state index in [1.165, 1.54) is 5.56 Å². The normalized spacial score (nSPS) is 25.9. The number of aromatic nitrogens is 1. The third-order valence-corrected chi connectivity index (χ3v) is 3.00. The molecule has 0 amide bonds. The van der Waals surface area contributed by atoms with Crippen LogP contribution < -0.4 is 5.73 Å². The molecule has 1 aliphatic rings. The summed E-state index contributed by atoms with van der Waals surface area (Å²) in [5.74, 6) is 0. The lowest BCUT2D eigenvalue weighted by Gasteiger charge is -2.33. The van der Waals surface area contributed by atoms with Crippen molar-refractivity contribution in [2.75, 3.05) is 6.54 Å². The molecule has 0 saturated heterocycles. The van der Waals surface area contributed by atoms with Crippen molar-refractivity contribution in [1.29, 1.82) is 0 Å². The lowest BCUT2D eigenvalue weighted by molar-refractivity contribution is 0.0124. The summed E-state index contributed by atoms with van der Waals surface area (Å²) in [4.78, 5) is 4.08. The molecule has 0 saturated carbocycles. The van der Waals surface area contributed by atoms with Crippen molar-refractivity contribution >= 4 is 0 Å². The Hall–Kier alpha value is -0.930. The maximum absolute atomic E-state index is 10.4. The second kappa shape index (κ2) is 3.67. The van der Waals surface area contributed by atoms with Crippen LogP contribution in [0.25, 0.3) is 0 Å². The first-order valence-electron chi connectivity index (χ1n) is 5.12. The maximum atomic E-state index is 10.4. The zero-order valence-corrected chi connectivity index (χ0v) is 8.24. The number of fused-ring (bicyclic) bond motifs is 1. The molecule has 0 fully saturated rings. The Balaban J connectivity index is 2.39. The van der Waals surface area contributed by atoms with Gasteiger partial charge in [-0.1, -0.05) is 0 Å². The van der Waals surface area contributed by atoms with Gasteiger partial charge in [-0.2, -0.15) is 0 Å². The van der Waals surface area contributed by atoms with Gasteiger partial charge in [-0.15, -0.1) is 0 Å². The third kappa shape index (κ3) is 1.53. The molecule has 1 aromatic heterocycles. The minimum atomic E-state index is -0.703. The van der Waals surface area contributed by atoms with Gasteiger partial charge in [-0.3, -0.25) is 4.98 Å². The predicted molar refractivity (Wildman–Crippen MR) is 54.7 cm³/mol. The Labute approximate surface area is 84.0 Å². The zero-order valence-electron chi connectivity index (χ0n) is 8.24. The first-order chi connectivity index (χ1) is 6.76. The van der Waals surface area contributed by atoms with Crippen LogP contribution in [0, 0.1) is 0 Å². The first-order valence-corrected chi connectivity index (χ1v) is 5.12. The molecule has 0 aliphatic heterocycles. The van der Waals surface area contributed by atoms with Gasteiger partial charge in [0.05, 0.1) is 5.60 Å². The fourth-order valence-electron chi connectivity index (χ4n) is 2.28. The van der Waals surface area contributed by atoms with Gasteiger partial charge in [0.25, 0.3) is 0 Å². The highest BCUT2D eigenvalue weighted by Crippen LogP contribution is 2.36. The molecule has 1 heterocycles. The van der Waals surface area contributed by atoms with Crippen molar-refractivity contribution in [3.63, 3.8) is 0 Å². The standard InChI is InChI=1S/C11H16N2O/c12-6-5-11(14)4-1-2-9-8-13-7-3-10(9)11/h3,7-8,14H,1-2,4-6,12H2. The third-order valence-electron chi connectivity index (χ3n) is 3.00. The van der Waals surface area contributed by atoms with Gasteiger partial charge < -0.3 is 10.8 Å². The zero-order chi connectivity index (χ0) is 10.0. The molecule has 1 unspecified atom stereocenters. The van der Waals surface area contributed by atoms with E-state index < -0.39 is 5.60 Å². The highest BCUT2D eigenvalue weighted by atomic mass is 16.3. The van der Waals surface area contributed by atoms with E-state index in [0.29, 0.717) is 13.0 Å². The molecule has 0 spiro atoms. The van der Waals surface area contributed by atoms with Gasteiger partial charge in [0, 0.05) is 12.4 Å². The summed E-state index contributed by atoms with van der Waals surface area (Å²) in [7, 11) is 0. The Morgan fingerprint density at radius 1 is 1.57 bits per heavy atom. The van der Waals surface area contributed by atoms with Crippen LogP contribution in [0.5, 0.6) is 0 Å². The average molecular weight is 192 g/mol. The summed E-state index contributed by atoms with van der Waals surface area (Å²) in [6, 6.07) is 1.92. The van der Waals surface area contributed by atoms with Crippen LogP contribution in [-0.4, -0.2) is 16.6 Å². The Bertz CT molecular complexity index is 327. The van der Waals surface area contributed by atoms with Crippen LogP contribution in [0.1, 0.15) is 30.4 Å². The summed E-state index contributed by atoms with van der Waals surface area (Å²) in [5.41, 5.74) is 7.03. The van der Waals surface area contributed by atoms with Crippen molar-refractivity contribution in [3.8, 4) is 0 Å². The van der Waals surface area contributed by atoms with Crippen molar-refractivity contribution in [2.45, 2.75) is 31.3 Å². The van der Waals surface area contributed by atoms with Crippen molar-refractivity contribution in [1.82, 2.24) is 4.98 Å². The van der Waals surface area contributed by atoms with E-state index in [1.54, 1.807) is 6.20 Å².